The van der Waals surface area contributed by atoms with E-state index in [0.717, 1.165) is 0 Å². The molecule has 0 aliphatic carbocycles. The van der Waals surface area contributed by atoms with Gasteiger partial charge in [0.15, 0.2) is 0 Å². The average Bonchev–Trinajstić information content (AvgIpc) is 2.74. The first kappa shape index (κ1) is 30.3. The van der Waals surface area contributed by atoms with Crippen molar-refractivity contribution in [3.8, 4) is 0 Å². The second-order valence-corrected chi connectivity index (χ2v) is 8.56. The van der Waals surface area contributed by atoms with E-state index in [1.165, 1.54) is 0 Å². The Morgan fingerprint density at radius 1 is 0.879 bits per heavy atom. The number of hydrogen-bond acceptors (Lipinski definition) is 7. The van der Waals surface area contributed by atoms with Crippen molar-refractivity contribution in [2.75, 3.05) is 6.54 Å². The lowest BCUT2D eigenvalue weighted by atomic mass is 9.96. The molecule has 33 heavy (non-hydrogen) atoms. The first-order valence-electron chi connectivity index (χ1n) is 11.2. The van der Waals surface area contributed by atoms with E-state index >= 15 is 0 Å². The van der Waals surface area contributed by atoms with E-state index in [2.05, 4.69) is 16.0 Å². The van der Waals surface area contributed by atoms with Crippen molar-refractivity contribution in [2.24, 2.45) is 29.0 Å². The van der Waals surface area contributed by atoms with Crippen LogP contribution in [0.25, 0.3) is 0 Å². The van der Waals surface area contributed by atoms with Crippen LogP contribution in [0.1, 0.15) is 59.8 Å². The molecule has 0 aliphatic heterocycles. The van der Waals surface area contributed by atoms with Gasteiger partial charge in [-0.05, 0) is 37.6 Å². The minimum atomic E-state index is -1.53. The molecule has 0 saturated carbocycles. The van der Waals surface area contributed by atoms with Crippen LogP contribution < -0.4 is 33.2 Å². The molecule has 12 nitrogen and oxygen atoms in total. The molecule has 5 atom stereocenters. The number of hydrogen-bond donors (Lipinski definition) is 7. The van der Waals surface area contributed by atoms with E-state index in [1.54, 1.807) is 20.8 Å². The van der Waals surface area contributed by atoms with Crippen LogP contribution in [-0.4, -0.2) is 65.4 Å². The maximum absolute atomic E-state index is 13.1. The molecule has 0 spiro atoms. The SMILES string of the molecule is CCC(C)C(NC(=O)C(N)C(C)C)C(=O)NC(CCCCN)C(=O)NC(CC(N)=O)C(=O)O. The Balaban J connectivity index is 5.59. The van der Waals surface area contributed by atoms with Crippen LogP contribution in [-0.2, 0) is 24.0 Å². The van der Waals surface area contributed by atoms with Crippen molar-refractivity contribution in [3.63, 3.8) is 0 Å². The summed E-state index contributed by atoms with van der Waals surface area (Å²) in [5.74, 6) is -4.58. The van der Waals surface area contributed by atoms with E-state index in [0.29, 0.717) is 25.8 Å². The Hall–Kier alpha value is -2.73. The second kappa shape index (κ2) is 15.2. The Morgan fingerprint density at radius 2 is 1.45 bits per heavy atom. The molecule has 12 heteroatoms. The number of carbonyl (C=O) groups is 5. The van der Waals surface area contributed by atoms with Crippen LogP contribution >= 0.6 is 0 Å². The summed E-state index contributed by atoms with van der Waals surface area (Å²) in [4.78, 5) is 60.8. The molecule has 0 radical (unpaired) electrons. The summed E-state index contributed by atoms with van der Waals surface area (Å²) in [5, 5.41) is 16.8. The molecule has 0 heterocycles. The number of rotatable bonds is 16. The number of carbonyl (C=O) groups excluding carboxylic acids is 4. The molecule has 190 valence electrons. The molecule has 0 bridgehead atoms. The third kappa shape index (κ3) is 11.1. The standard InChI is InChI=1S/C21H40N6O6/c1-5-12(4)17(27-19(30)16(24)11(2)3)20(31)25-13(8-6-7-9-22)18(29)26-14(21(32)33)10-15(23)28/h11-14,16-17H,5-10,22,24H2,1-4H3,(H2,23,28)(H,25,31)(H,26,29)(H,27,30)(H,32,33). The molecular weight excluding hydrogens is 432 g/mol. The number of aliphatic carboxylic acids is 1. The molecule has 0 aromatic rings. The van der Waals surface area contributed by atoms with E-state index in [-0.39, 0.29) is 18.3 Å². The van der Waals surface area contributed by atoms with E-state index in [1.807, 2.05) is 6.92 Å². The van der Waals surface area contributed by atoms with Gasteiger partial charge in [0, 0.05) is 0 Å². The molecule has 0 aromatic carbocycles. The quantitative estimate of drug-likeness (QED) is 0.131. The maximum Gasteiger partial charge on any atom is 0.326 e. The fourth-order valence-electron chi connectivity index (χ4n) is 2.95. The van der Waals surface area contributed by atoms with Gasteiger partial charge in [0.1, 0.15) is 18.1 Å². The van der Waals surface area contributed by atoms with Crippen LogP contribution in [0.15, 0.2) is 0 Å². The van der Waals surface area contributed by atoms with Gasteiger partial charge >= 0.3 is 5.97 Å². The summed E-state index contributed by atoms with van der Waals surface area (Å²) in [6, 6.07) is -4.38. The molecular formula is C21H40N6O6. The van der Waals surface area contributed by atoms with Crippen molar-refractivity contribution < 1.29 is 29.1 Å². The Kier molecular flexibility index (Phi) is 13.9. The fraction of sp³-hybridized carbons (Fsp3) is 0.762. The summed E-state index contributed by atoms with van der Waals surface area (Å²) in [5.41, 5.74) is 16.4. The third-order valence-corrected chi connectivity index (χ3v) is 5.41. The molecule has 0 aliphatic rings. The van der Waals surface area contributed by atoms with Crippen LogP contribution in [0.5, 0.6) is 0 Å². The minimum absolute atomic E-state index is 0.140. The van der Waals surface area contributed by atoms with E-state index in [4.69, 9.17) is 17.2 Å². The molecule has 0 fully saturated rings. The Bertz CT molecular complexity index is 686. The molecule has 0 saturated heterocycles. The monoisotopic (exact) mass is 472 g/mol. The van der Waals surface area contributed by atoms with Crippen LogP contribution in [0.3, 0.4) is 0 Å². The van der Waals surface area contributed by atoms with Gasteiger partial charge in [-0.25, -0.2) is 4.79 Å². The second-order valence-electron chi connectivity index (χ2n) is 8.56. The third-order valence-electron chi connectivity index (χ3n) is 5.41. The predicted molar refractivity (Wildman–Crippen MR) is 122 cm³/mol. The first-order chi connectivity index (χ1) is 15.3. The smallest absolute Gasteiger partial charge is 0.326 e. The highest BCUT2D eigenvalue weighted by Gasteiger charge is 2.33. The van der Waals surface area contributed by atoms with Crippen molar-refractivity contribution in [1.29, 1.82) is 0 Å². The van der Waals surface area contributed by atoms with E-state index < -0.39 is 60.2 Å². The van der Waals surface area contributed by atoms with Gasteiger partial charge in [0.2, 0.25) is 23.6 Å². The summed E-state index contributed by atoms with van der Waals surface area (Å²) in [6.45, 7) is 7.57. The molecule has 0 rings (SSSR count). The van der Waals surface area contributed by atoms with Gasteiger partial charge in [-0.15, -0.1) is 0 Å². The number of nitrogens with one attached hydrogen (secondary N) is 3. The lowest BCUT2D eigenvalue weighted by molar-refractivity contribution is -0.144. The summed E-state index contributed by atoms with van der Waals surface area (Å²) in [7, 11) is 0. The normalized spacial score (nSPS) is 15.6. The average molecular weight is 473 g/mol. The summed E-state index contributed by atoms with van der Waals surface area (Å²) in [6.07, 6.45) is 1.23. The number of nitrogens with two attached hydrogens (primary N) is 3. The molecule has 4 amide bonds. The van der Waals surface area contributed by atoms with Crippen molar-refractivity contribution in [3.05, 3.63) is 0 Å². The fourth-order valence-corrected chi connectivity index (χ4v) is 2.95. The first-order valence-corrected chi connectivity index (χ1v) is 11.2. The van der Waals surface area contributed by atoms with Crippen molar-refractivity contribution in [2.45, 2.75) is 84.0 Å². The Morgan fingerprint density at radius 3 is 1.91 bits per heavy atom. The summed E-state index contributed by atoms with van der Waals surface area (Å²) < 4.78 is 0. The molecule has 0 aromatic heterocycles. The zero-order valence-electron chi connectivity index (χ0n) is 19.9. The lowest BCUT2D eigenvalue weighted by Gasteiger charge is -2.28. The topological polar surface area (TPSA) is 220 Å². The van der Waals surface area contributed by atoms with Gasteiger partial charge in [-0.3, -0.25) is 19.2 Å². The molecule has 5 unspecified atom stereocenters. The zero-order chi connectivity index (χ0) is 25.7. The van der Waals surface area contributed by atoms with Crippen LogP contribution in [0.2, 0.25) is 0 Å². The number of primary amides is 1. The number of unbranched alkanes of at least 4 members (excludes halogenated alkanes) is 1. The Labute approximate surface area is 194 Å². The number of amides is 4. The van der Waals surface area contributed by atoms with Gasteiger partial charge in [0.05, 0.1) is 12.5 Å². The largest absolute Gasteiger partial charge is 0.480 e. The lowest BCUT2D eigenvalue weighted by Crippen LogP contribution is -2.59. The van der Waals surface area contributed by atoms with Gasteiger partial charge in [-0.1, -0.05) is 34.1 Å². The maximum atomic E-state index is 13.1. The predicted octanol–water partition coefficient (Wildman–Crippen LogP) is -1.44. The van der Waals surface area contributed by atoms with Gasteiger partial charge in [-0.2, -0.15) is 0 Å². The van der Waals surface area contributed by atoms with E-state index in [9.17, 15) is 29.1 Å². The summed E-state index contributed by atoms with van der Waals surface area (Å²) >= 11 is 0. The van der Waals surface area contributed by atoms with Crippen molar-refractivity contribution in [1.82, 2.24) is 16.0 Å². The van der Waals surface area contributed by atoms with Gasteiger partial charge < -0.3 is 38.3 Å². The highest BCUT2D eigenvalue weighted by Crippen LogP contribution is 2.11. The van der Waals surface area contributed by atoms with Gasteiger partial charge in [0.25, 0.3) is 0 Å². The zero-order valence-corrected chi connectivity index (χ0v) is 19.9. The van der Waals surface area contributed by atoms with Crippen LogP contribution in [0, 0.1) is 11.8 Å². The minimum Gasteiger partial charge on any atom is -0.480 e. The number of carboxylic acid groups (broad SMARTS) is 1. The molecule has 10 N–H and O–H groups in total. The van der Waals surface area contributed by atoms with Crippen LogP contribution in [0.4, 0.5) is 0 Å². The van der Waals surface area contributed by atoms with Crippen molar-refractivity contribution >= 4 is 29.6 Å². The highest BCUT2D eigenvalue weighted by atomic mass is 16.4. The highest BCUT2D eigenvalue weighted by molar-refractivity contribution is 5.95. The number of carboxylic acids is 1.